The van der Waals surface area contributed by atoms with E-state index in [2.05, 4.69) is 4.98 Å². The summed E-state index contributed by atoms with van der Waals surface area (Å²) in [5, 5.41) is 18.8. The largest absolute Gasteiger partial charge is 0.391 e. The molecule has 106 valence electrons. The summed E-state index contributed by atoms with van der Waals surface area (Å²) < 4.78 is 33.2. The summed E-state index contributed by atoms with van der Waals surface area (Å²) >= 11 is 0. The molecule has 1 saturated heterocycles. The Labute approximate surface area is 106 Å². The zero-order valence-electron chi connectivity index (χ0n) is 9.90. The van der Waals surface area contributed by atoms with Gasteiger partial charge in [0.25, 0.3) is 0 Å². The fourth-order valence-electron chi connectivity index (χ4n) is 1.91. The van der Waals surface area contributed by atoms with Crippen molar-refractivity contribution in [2.24, 2.45) is 0 Å². The molecule has 0 radical (unpaired) electrons. The first-order valence-electron chi connectivity index (χ1n) is 5.49. The molecule has 9 heteroatoms. The van der Waals surface area contributed by atoms with E-state index in [1.807, 2.05) is 0 Å². The van der Waals surface area contributed by atoms with Crippen molar-refractivity contribution in [3.63, 3.8) is 0 Å². The summed E-state index contributed by atoms with van der Waals surface area (Å²) in [5.41, 5.74) is 4.23. The van der Waals surface area contributed by atoms with Crippen LogP contribution in [0, 0.1) is 0 Å². The summed E-state index contributed by atoms with van der Waals surface area (Å²) in [6.07, 6.45) is -6.07. The van der Waals surface area contributed by atoms with E-state index in [0.717, 1.165) is 12.3 Å². The van der Waals surface area contributed by atoms with Gasteiger partial charge in [0, 0.05) is 6.20 Å². The molecule has 2 heterocycles. The first-order chi connectivity index (χ1) is 8.75. The van der Waals surface area contributed by atoms with Gasteiger partial charge in [-0.3, -0.25) is 4.57 Å². The number of hydrogen-bond acceptors (Lipinski definition) is 6. The molecule has 0 spiro atoms. The van der Waals surface area contributed by atoms with Crippen LogP contribution in [-0.4, -0.2) is 44.0 Å². The smallest absolute Gasteiger partial charge is 0.351 e. The van der Waals surface area contributed by atoms with Crippen molar-refractivity contribution < 1.29 is 23.7 Å². The van der Waals surface area contributed by atoms with Crippen molar-refractivity contribution in [2.45, 2.75) is 37.4 Å². The van der Waals surface area contributed by atoms with Crippen molar-refractivity contribution in [3.05, 3.63) is 22.7 Å². The highest BCUT2D eigenvalue weighted by Gasteiger charge is 2.60. The maximum Gasteiger partial charge on any atom is 0.351 e. The predicted molar refractivity (Wildman–Crippen MR) is 59.5 cm³/mol. The van der Waals surface area contributed by atoms with Crippen LogP contribution in [-0.2, 0) is 4.74 Å². The first kappa shape index (κ1) is 13.8. The van der Waals surface area contributed by atoms with Gasteiger partial charge in [0.05, 0.1) is 6.10 Å². The molecule has 4 atom stereocenters. The molecule has 7 nitrogen and oxygen atoms in total. The summed E-state index contributed by atoms with van der Waals surface area (Å²) in [5.74, 6) is -3.85. The Morgan fingerprint density at radius 2 is 2.26 bits per heavy atom. The Morgan fingerprint density at radius 1 is 1.63 bits per heavy atom. The maximum atomic E-state index is 13.9. The molecule has 4 N–H and O–H groups in total. The Hall–Kier alpha value is -1.58. The highest BCUT2D eigenvalue weighted by molar-refractivity contribution is 5.23. The summed E-state index contributed by atoms with van der Waals surface area (Å²) in [6, 6.07) is 1.16. The van der Waals surface area contributed by atoms with E-state index in [0.29, 0.717) is 4.57 Å². The molecule has 1 fully saturated rings. The van der Waals surface area contributed by atoms with Crippen molar-refractivity contribution in [1.29, 1.82) is 0 Å². The van der Waals surface area contributed by atoms with E-state index in [1.54, 1.807) is 0 Å². The minimum absolute atomic E-state index is 0.116. The van der Waals surface area contributed by atoms with Gasteiger partial charge in [0.2, 0.25) is 6.23 Å². The normalized spacial score (nSPS) is 31.3. The molecule has 1 aromatic heterocycles. The molecular weight excluding hydrogens is 264 g/mol. The molecule has 0 bridgehead atoms. The average molecular weight is 277 g/mol. The minimum atomic E-state index is -3.73. The van der Waals surface area contributed by atoms with Crippen LogP contribution in [0.15, 0.2) is 17.1 Å². The molecule has 0 saturated carbocycles. The molecule has 0 aliphatic carbocycles. The zero-order valence-corrected chi connectivity index (χ0v) is 9.90. The number of ether oxygens (including phenoxy) is 1. The third-order valence-corrected chi connectivity index (χ3v) is 2.90. The molecule has 1 aliphatic heterocycles. The van der Waals surface area contributed by atoms with Gasteiger partial charge in [-0.15, -0.1) is 0 Å². The van der Waals surface area contributed by atoms with Gasteiger partial charge in [-0.05, 0) is 13.0 Å². The average Bonchev–Trinajstić information content (AvgIpc) is 2.52. The van der Waals surface area contributed by atoms with E-state index < -0.39 is 36.2 Å². The Morgan fingerprint density at radius 3 is 2.74 bits per heavy atom. The molecule has 2 rings (SSSR count). The Kier molecular flexibility index (Phi) is 3.29. The Bertz CT molecular complexity index is 534. The van der Waals surface area contributed by atoms with E-state index in [9.17, 15) is 23.8 Å². The number of anilines is 1. The summed E-state index contributed by atoms with van der Waals surface area (Å²) in [4.78, 5) is 14.8. The van der Waals surface area contributed by atoms with Crippen molar-refractivity contribution in [2.75, 3.05) is 5.73 Å². The number of nitrogens with zero attached hydrogens (tertiary/aromatic N) is 2. The molecule has 2 unspecified atom stereocenters. The minimum Gasteiger partial charge on any atom is -0.391 e. The van der Waals surface area contributed by atoms with Gasteiger partial charge < -0.3 is 20.7 Å². The molecule has 0 amide bonds. The monoisotopic (exact) mass is 277 g/mol. The number of aliphatic hydroxyl groups is 2. The van der Waals surface area contributed by atoms with Gasteiger partial charge in [-0.2, -0.15) is 13.8 Å². The number of rotatable bonds is 2. The lowest BCUT2D eigenvalue weighted by Gasteiger charge is -2.20. The predicted octanol–water partition coefficient (Wildman–Crippen LogP) is -0.900. The number of nitrogens with two attached hydrogens (primary N) is 1. The molecule has 0 aromatic carbocycles. The van der Waals surface area contributed by atoms with Gasteiger partial charge in [-0.25, -0.2) is 4.79 Å². The number of hydrogen-bond donors (Lipinski definition) is 3. The standard InChI is InChI=1S/C10H13F2N3O4/c1-4(16)6-7(17)10(11,12)8(19-6)15-3-2-5(13)14-9(15)18/h2-4,6-8,16-17H,1H3,(H2,13,14,18)/t4?,6?,7-,8-/m1/s1. The van der Waals surface area contributed by atoms with E-state index in [-0.39, 0.29) is 5.82 Å². The Balaban J connectivity index is 2.42. The van der Waals surface area contributed by atoms with Gasteiger partial charge in [-0.1, -0.05) is 0 Å². The second kappa shape index (κ2) is 4.51. The maximum absolute atomic E-state index is 13.9. The third kappa shape index (κ3) is 2.20. The van der Waals surface area contributed by atoms with Crippen LogP contribution in [0.3, 0.4) is 0 Å². The highest BCUT2D eigenvalue weighted by Crippen LogP contribution is 2.43. The lowest BCUT2D eigenvalue weighted by atomic mass is 10.1. The summed E-state index contributed by atoms with van der Waals surface area (Å²) in [7, 11) is 0. The van der Waals surface area contributed by atoms with Gasteiger partial charge in [0.15, 0.2) is 6.10 Å². The molecular formula is C10H13F2N3O4. The van der Waals surface area contributed by atoms with E-state index >= 15 is 0 Å². The van der Waals surface area contributed by atoms with Crippen molar-refractivity contribution in [1.82, 2.24) is 9.55 Å². The van der Waals surface area contributed by atoms with Crippen LogP contribution >= 0.6 is 0 Å². The van der Waals surface area contributed by atoms with Crippen molar-refractivity contribution in [3.8, 4) is 0 Å². The van der Waals surface area contributed by atoms with Crippen LogP contribution in [0.25, 0.3) is 0 Å². The van der Waals surface area contributed by atoms with E-state index in [1.165, 1.54) is 6.92 Å². The number of aliphatic hydroxyl groups excluding tert-OH is 2. The number of halogens is 2. The van der Waals surface area contributed by atoms with Crippen LogP contribution in [0.5, 0.6) is 0 Å². The zero-order chi connectivity index (χ0) is 14.4. The van der Waals surface area contributed by atoms with E-state index in [4.69, 9.17) is 10.5 Å². The second-order valence-corrected chi connectivity index (χ2v) is 4.36. The molecule has 1 aromatic rings. The fraction of sp³-hybridized carbons (Fsp3) is 0.600. The molecule has 1 aliphatic rings. The number of aromatic nitrogens is 2. The second-order valence-electron chi connectivity index (χ2n) is 4.36. The topological polar surface area (TPSA) is 111 Å². The van der Waals surface area contributed by atoms with Crippen LogP contribution in [0.4, 0.5) is 14.6 Å². The van der Waals surface area contributed by atoms with Crippen LogP contribution in [0.1, 0.15) is 13.2 Å². The quantitative estimate of drug-likeness (QED) is 0.646. The van der Waals surface area contributed by atoms with Crippen LogP contribution in [0.2, 0.25) is 0 Å². The van der Waals surface area contributed by atoms with Gasteiger partial charge in [0.1, 0.15) is 11.9 Å². The molecule has 19 heavy (non-hydrogen) atoms. The summed E-state index contributed by atoms with van der Waals surface area (Å²) in [6.45, 7) is 1.20. The number of nitrogen functional groups attached to an aromatic ring is 1. The van der Waals surface area contributed by atoms with Gasteiger partial charge >= 0.3 is 11.6 Å². The fourth-order valence-corrected chi connectivity index (χ4v) is 1.91. The lowest BCUT2D eigenvalue weighted by molar-refractivity contribution is -0.141. The highest BCUT2D eigenvalue weighted by atomic mass is 19.3. The lowest BCUT2D eigenvalue weighted by Crippen LogP contribution is -2.43. The third-order valence-electron chi connectivity index (χ3n) is 2.90. The van der Waals surface area contributed by atoms with Crippen molar-refractivity contribution >= 4 is 5.82 Å². The van der Waals surface area contributed by atoms with Crippen LogP contribution < -0.4 is 11.4 Å². The number of alkyl halides is 2. The first-order valence-corrected chi connectivity index (χ1v) is 5.49. The SMILES string of the molecule is CC(O)C1O[C@@H](n2ccc(N)nc2=O)C(F)(F)[C@@H]1O.